The summed E-state index contributed by atoms with van der Waals surface area (Å²) in [5.41, 5.74) is 6.81. The zero-order valence-corrected chi connectivity index (χ0v) is 19.0. The third kappa shape index (κ3) is 3.80. The Labute approximate surface area is 191 Å². The number of hydrogen-bond donors (Lipinski definition) is 1. The van der Waals surface area contributed by atoms with Crippen LogP contribution < -0.4 is 5.32 Å². The second-order valence-electron chi connectivity index (χ2n) is 7.99. The lowest BCUT2D eigenvalue weighted by atomic mass is 9.99. The van der Waals surface area contributed by atoms with Gasteiger partial charge in [-0.25, -0.2) is 9.97 Å². The number of nitrogens with one attached hydrogen (secondary N) is 1. The lowest BCUT2D eigenvalue weighted by Crippen LogP contribution is -2.17. The van der Waals surface area contributed by atoms with Gasteiger partial charge in [0.1, 0.15) is 5.82 Å². The molecule has 32 heavy (non-hydrogen) atoms. The van der Waals surface area contributed by atoms with E-state index >= 15 is 0 Å². The Bertz CT molecular complexity index is 1280. The zero-order valence-electron chi connectivity index (χ0n) is 18.2. The van der Waals surface area contributed by atoms with Crippen LogP contribution in [0.15, 0.2) is 60.7 Å². The number of fused-ring (bicyclic) bond motifs is 1. The van der Waals surface area contributed by atoms with Crippen molar-refractivity contribution in [1.29, 1.82) is 0 Å². The summed E-state index contributed by atoms with van der Waals surface area (Å²) in [5.74, 6) is 1.39. The van der Waals surface area contributed by atoms with E-state index < -0.39 is 0 Å². The Morgan fingerprint density at radius 2 is 1.66 bits per heavy atom. The van der Waals surface area contributed by atoms with E-state index in [0.29, 0.717) is 17.5 Å². The van der Waals surface area contributed by atoms with E-state index in [1.165, 1.54) is 5.56 Å². The minimum absolute atomic E-state index is 0.0561. The average molecular weight is 442 g/mol. The molecule has 2 aromatic carbocycles. The monoisotopic (exact) mass is 441 g/mol. The van der Waals surface area contributed by atoms with Crippen molar-refractivity contribution in [2.24, 2.45) is 0 Å². The van der Waals surface area contributed by atoms with E-state index in [9.17, 15) is 4.79 Å². The quantitative estimate of drug-likeness (QED) is 0.483. The molecule has 0 bridgehead atoms. The summed E-state index contributed by atoms with van der Waals surface area (Å²) in [6.07, 6.45) is 0. The first-order valence-corrected chi connectivity index (χ1v) is 11.5. The fourth-order valence-electron chi connectivity index (χ4n) is 3.97. The number of aromatic nitrogens is 4. The molecule has 1 aliphatic heterocycles. The molecule has 1 atom stereocenters. The Balaban J connectivity index is 1.80. The van der Waals surface area contributed by atoms with Gasteiger partial charge >= 0.3 is 0 Å². The van der Waals surface area contributed by atoms with Crippen molar-refractivity contribution in [2.75, 3.05) is 11.1 Å². The molecule has 160 valence electrons. The van der Waals surface area contributed by atoms with E-state index in [2.05, 4.69) is 46.5 Å². The molecule has 0 fully saturated rings. The molecule has 1 aliphatic rings. The van der Waals surface area contributed by atoms with E-state index in [4.69, 9.17) is 5.10 Å². The first-order valence-electron chi connectivity index (χ1n) is 10.5. The lowest BCUT2D eigenvalue weighted by molar-refractivity contribution is -0.113. The number of nitrogens with zero attached hydrogens (tertiary/aromatic N) is 4. The van der Waals surface area contributed by atoms with Crippen LogP contribution in [-0.4, -0.2) is 31.4 Å². The molecule has 1 N–H and O–H groups in total. The largest absolute Gasteiger partial charge is 0.309 e. The molecule has 0 radical (unpaired) electrons. The summed E-state index contributed by atoms with van der Waals surface area (Å²) in [7, 11) is 0. The molecule has 0 saturated carbocycles. The maximum atomic E-state index is 12.7. The van der Waals surface area contributed by atoms with Gasteiger partial charge in [-0.3, -0.25) is 4.79 Å². The number of thioether (sulfide) groups is 1. The fourth-order valence-corrected chi connectivity index (χ4v) is 5.10. The first-order chi connectivity index (χ1) is 15.5. The standard InChI is InChI=1S/C25H23N5OS/c1-15-9-11-19(12-10-15)23-21-22(18-7-5-4-6-8-18)29-30(24(21)28-20(31)14-32-23)25-26-16(2)13-17(3)27-25/h4-13,23H,14H2,1-3H3,(H,28,31)/t23-/m1/s1. The van der Waals surface area contributed by atoms with Gasteiger partial charge in [0, 0.05) is 22.5 Å². The molecule has 5 rings (SSSR count). The Hall–Kier alpha value is -3.45. The molecule has 4 aromatic rings. The van der Waals surface area contributed by atoms with E-state index in [1.54, 1.807) is 16.4 Å². The van der Waals surface area contributed by atoms with Crippen LogP contribution >= 0.6 is 11.8 Å². The summed E-state index contributed by atoms with van der Waals surface area (Å²) in [6, 6.07) is 20.5. The Morgan fingerprint density at radius 3 is 2.34 bits per heavy atom. The van der Waals surface area contributed by atoms with E-state index in [1.807, 2.05) is 50.2 Å². The van der Waals surface area contributed by atoms with Crippen LogP contribution in [-0.2, 0) is 4.79 Å². The molecule has 0 spiro atoms. The van der Waals surface area contributed by atoms with Crippen molar-refractivity contribution in [3.8, 4) is 17.2 Å². The van der Waals surface area contributed by atoms with Crippen LogP contribution in [0.25, 0.3) is 17.2 Å². The SMILES string of the molecule is Cc1ccc([C@H]2SCC(=O)Nc3c2c(-c2ccccc2)nn3-c2nc(C)cc(C)n2)cc1. The number of rotatable bonds is 3. The van der Waals surface area contributed by atoms with Crippen LogP contribution in [0.2, 0.25) is 0 Å². The molecule has 2 aromatic heterocycles. The van der Waals surface area contributed by atoms with E-state index in [-0.39, 0.29) is 11.2 Å². The number of carbonyl (C=O) groups excluding carboxylic acids is 1. The molecule has 6 nitrogen and oxygen atoms in total. The average Bonchev–Trinajstić information content (AvgIpc) is 3.05. The normalized spacial score (nSPS) is 15.7. The molecule has 7 heteroatoms. The van der Waals surface area contributed by atoms with Crippen molar-refractivity contribution in [2.45, 2.75) is 26.0 Å². The molecule has 0 unspecified atom stereocenters. The van der Waals surface area contributed by atoms with Gasteiger partial charge in [0.2, 0.25) is 5.91 Å². The number of benzene rings is 2. The smallest absolute Gasteiger partial charge is 0.252 e. The van der Waals surface area contributed by atoms with Gasteiger partial charge in [-0.15, -0.1) is 11.8 Å². The van der Waals surface area contributed by atoms with Crippen LogP contribution in [0.4, 0.5) is 5.82 Å². The minimum atomic E-state index is -0.0593. The second-order valence-corrected chi connectivity index (χ2v) is 9.08. The fraction of sp³-hybridized carbons (Fsp3) is 0.200. The summed E-state index contributed by atoms with van der Waals surface area (Å²) < 4.78 is 1.68. The zero-order chi connectivity index (χ0) is 22.2. The predicted molar refractivity (Wildman–Crippen MR) is 128 cm³/mol. The van der Waals surface area contributed by atoms with Gasteiger partial charge in [-0.05, 0) is 32.4 Å². The van der Waals surface area contributed by atoms with Crippen LogP contribution in [0.5, 0.6) is 0 Å². The van der Waals surface area contributed by atoms with Gasteiger partial charge in [0.05, 0.1) is 16.7 Å². The number of hydrogen-bond acceptors (Lipinski definition) is 5. The van der Waals surface area contributed by atoms with Gasteiger partial charge in [0.25, 0.3) is 5.95 Å². The van der Waals surface area contributed by atoms with Gasteiger partial charge in [-0.1, -0.05) is 60.2 Å². The molecule has 0 aliphatic carbocycles. The van der Waals surface area contributed by atoms with E-state index in [0.717, 1.165) is 33.8 Å². The van der Waals surface area contributed by atoms with Crippen LogP contribution in [0, 0.1) is 20.8 Å². The van der Waals surface area contributed by atoms with Crippen LogP contribution in [0.1, 0.15) is 33.3 Å². The molecular weight excluding hydrogens is 418 g/mol. The molecular formula is C25H23N5OS. The summed E-state index contributed by atoms with van der Waals surface area (Å²) >= 11 is 1.61. The molecule has 1 amide bonds. The lowest BCUT2D eigenvalue weighted by Gasteiger charge is -2.16. The number of carbonyl (C=O) groups is 1. The summed E-state index contributed by atoms with van der Waals surface area (Å²) in [4.78, 5) is 22.0. The molecule has 3 heterocycles. The maximum Gasteiger partial charge on any atom is 0.252 e. The summed E-state index contributed by atoms with van der Waals surface area (Å²) in [5, 5.41) is 7.98. The third-order valence-electron chi connectivity index (χ3n) is 5.41. The van der Waals surface area contributed by atoms with Gasteiger partial charge in [0.15, 0.2) is 0 Å². The van der Waals surface area contributed by atoms with Gasteiger partial charge < -0.3 is 5.32 Å². The topological polar surface area (TPSA) is 72.7 Å². The predicted octanol–water partition coefficient (Wildman–Crippen LogP) is 5.03. The van der Waals surface area contributed by atoms with Crippen molar-refractivity contribution in [1.82, 2.24) is 19.7 Å². The highest BCUT2D eigenvalue weighted by Gasteiger charge is 2.33. The summed E-state index contributed by atoms with van der Waals surface area (Å²) in [6.45, 7) is 5.94. The van der Waals surface area contributed by atoms with Crippen molar-refractivity contribution < 1.29 is 4.79 Å². The minimum Gasteiger partial charge on any atom is -0.309 e. The van der Waals surface area contributed by atoms with Gasteiger partial charge in [-0.2, -0.15) is 9.78 Å². The third-order valence-corrected chi connectivity index (χ3v) is 6.68. The first kappa shape index (κ1) is 20.5. The highest BCUT2D eigenvalue weighted by molar-refractivity contribution is 8.00. The Kier molecular flexibility index (Phi) is 5.27. The van der Waals surface area contributed by atoms with Crippen molar-refractivity contribution in [3.63, 3.8) is 0 Å². The number of aryl methyl sites for hydroxylation is 3. The second kappa shape index (κ2) is 8.24. The number of anilines is 1. The van der Waals surface area contributed by atoms with Crippen LogP contribution in [0.3, 0.4) is 0 Å². The Morgan fingerprint density at radius 1 is 0.969 bits per heavy atom. The molecule has 0 saturated heterocycles. The van der Waals surface area contributed by atoms with Crippen molar-refractivity contribution >= 4 is 23.5 Å². The highest BCUT2D eigenvalue weighted by atomic mass is 32.2. The number of amides is 1. The maximum absolute atomic E-state index is 12.7. The highest BCUT2D eigenvalue weighted by Crippen LogP contribution is 2.46. The van der Waals surface area contributed by atoms with Crippen molar-refractivity contribution in [3.05, 3.63) is 88.7 Å².